The second-order valence-corrected chi connectivity index (χ2v) is 9.64. The van der Waals surface area contributed by atoms with Crippen LogP contribution in [0.1, 0.15) is 103 Å². The second kappa shape index (κ2) is 28.1. The van der Waals surface area contributed by atoms with E-state index in [2.05, 4.69) is 5.32 Å². The van der Waals surface area contributed by atoms with E-state index in [9.17, 15) is 39.6 Å². The standard InChI is InChI=1S/C26H49N5O8.CH3.V/c1-22(32)29(37)19-9-3-2-6-12-23(33)13-15-25(35)30(38)21-11-5-8-18-28-24(34)14-16-26(36)31(39)20-10-4-7-17-27;;/h37-39H,2-21,27H2,1H3,(H,28,34);1H3;/q;-1;. The van der Waals surface area contributed by atoms with Crippen molar-refractivity contribution in [3.8, 4) is 0 Å². The Bertz CT molecular complexity index is 744. The Morgan fingerprint density at radius 1 is 0.610 bits per heavy atom. The van der Waals surface area contributed by atoms with Crippen LogP contribution in [0.5, 0.6) is 0 Å². The molecule has 0 aromatic rings. The molecular formula is C27H52N5O8V-. The van der Waals surface area contributed by atoms with E-state index in [4.69, 9.17) is 5.73 Å². The molecule has 239 valence electrons. The first-order valence-corrected chi connectivity index (χ1v) is 14.0. The number of hydroxylamine groups is 6. The number of carbonyl (C=O) groups excluding carboxylic acids is 5. The quantitative estimate of drug-likeness (QED) is 0.0464. The van der Waals surface area contributed by atoms with Crippen LogP contribution in [-0.4, -0.2) is 92.9 Å². The molecule has 0 bridgehead atoms. The molecule has 0 atom stereocenters. The van der Waals surface area contributed by atoms with Gasteiger partial charge in [-0.25, -0.2) is 15.2 Å². The molecule has 13 nitrogen and oxygen atoms in total. The van der Waals surface area contributed by atoms with Crippen molar-refractivity contribution in [3.63, 3.8) is 0 Å². The number of unbranched alkanes of at least 4 members (excludes halogenated alkanes) is 7. The molecule has 0 heterocycles. The van der Waals surface area contributed by atoms with Gasteiger partial charge in [-0.2, -0.15) is 0 Å². The first-order valence-electron chi connectivity index (χ1n) is 14.0. The maximum atomic E-state index is 12.0. The Hall–Kier alpha value is -2.03. The zero-order valence-corrected chi connectivity index (χ0v) is 26.3. The van der Waals surface area contributed by atoms with Crippen molar-refractivity contribution in [3.05, 3.63) is 7.43 Å². The van der Waals surface area contributed by atoms with Gasteiger partial charge in [-0.15, -0.1) is 0 Å². The molecule has 0 aliphatic heterocycles. The minimum absolute atomic E-state index is 0. The molecule has 0 aromatic heterocycles. The van der Waals surface area contributed by atoms with Crippen LogP contribution in [-0.2, 0) is 42.5 Å². The molecule has 0 aromatic carbocycles. The zero-order chi connectivity index (χ0) is 29.5. The molecule has 0 unspecified atom stereocenters. The molecule has 6 N–H and O–H groups in total. The van der Waals surface area contributed by atoms with E-state index in [0.717, 1.165) is 25.7 Å². The molecule has 0 saturated heterocycles. The van der Waals surface area contributed by atoms with Gasteiger partial charge in [0.2, 0.25) is 23.6 Å². The zero-order valence-electron chi connectivity index (χ0n) is 24.9. The van der Waals surface area contributed by atoms with Crippen LogP contribution in [0.25, 0.3) is 0 Å². The first kappa shape index (κ1) is 43.4. The average molecular weight is 626 g/mol. The minimum atomic E-state index is -0.508. The third kappa shape index (κ3) is 25.4. The van der Waals surface area contributed by atoms with E-state index in [1.807, 2.05) is 0 Å². The van der Waals surface area contributed by atoms with Crippen LogP contribution in [0.2, 0.25) is 0 Å². The van der Waals surface area contributed by atoms with E-state index < -0.39 is 17.7 Å². The summed E-state index contributed by atoms with van der Waals surface area (Å²) in [4.78, 5) is 58.5. The van der Waals surface area contributed by atoms with Crippen molar-refractivity contribution in [2.24, 2.45) is 5.73 Å². The van der Waals surface area contributed by atoms with Crippen LogP contribution >= 0.6 is 0 Å². The number of nitrogens with two attached hydrogens (primary N) is 1. The SMILES string of the molecule is CC(=O)N(O)CCCCCCC(=O)CCC(=O)N(O)CCCCCNC(=O)CCC(=O)N(O)CCCCCN.[CH3-].[V]. The van der Waals surface area contributed by atoms with E-state index in [-0.39, 0.29) is 83.0 Å². The number of hydrogen-bond acceptors (Lipinski definition) is 9. The number of nitrogens with one attached hydrogen (secondary N) is 1. The van der Waals surface area contributed by atoms with Crippen LogP contribution < -0.4 is 11.1 Å². The molecule has 14 heteroatoms. The molecular weight excluding hydrogens is 573 g/mol. The fourth-order valence-corrected chi connectivity index (χ4v) is 3.66. The summed E-state index contributed by atoms with van der Waals surface area (Å²) in [6, 6.07) is 0. The van der Waals surface area contributed by atoms with Gasteiger partial charge in [0.15, 0.2) is 0 Å². The second-order valence-electron chi connectivity index (χ2n) is 9.64. The van der Waals surface area contributed by atoms with Crippen LogP contribution in [0.3, 0.4) is 0 Å². The summed E-state index contributed by atoms with van der Waals surface area (Å²) < 4.78 is 0. The van der Waals surface area contributed by atoms with Crippen molar-refractivity contribution in [2.45, 2.75) is 103 Å². The number of hydrogen-bond donors (Lipinski definition) is 5. The number of ketones is 1. The predicted octanol–water partition coefficient (Wildman–Crippen LogP) is 2.60. The molecule has 0 fully saturated rings. The van der Waals surface area contributed by atoms with Gasteiger partial charge in [0.25, 0.3) is 0 Å². The smallest absolute Gasteiger partial charge is 0.246 e. The molecule has 41 heavy (non-hydrogen) atoms. The largest absolute Gasteiger partial charge is 0.358 e. The van der Waals surface area contributed by atoms with Crippen molar-refractivity contribution in [1.82, 2.24) is 20.5 Å². The predicted molar refractivity (Wildman–Crippen MR) is 149 cm³/mol. The fourth-order valence-electron chi connectivity index (χ4n) is 3.66. The van der Waals surface area contributed by atoms with Crippen molar-refractivity contribution >= 4 is 29.4 Å². The van der Waals surface area contributed by atoms with E-state index >= 15 is 0 Å². The number of Topliss-reactive ketones (excluding diaryl/α,β-unsaturated/α-hetero) is 1. The van der Waals surface area contributed by atoms with Gasteiger partial charge in [0.1, 0.15) is 5.78 Å². The molecule has 0 spiro atoms. The normalized spacial score (nSPS) is 10.2. The van der Waals surface area contributed by atoms with Gasteiger partial charge in [0.05, 0.1) is 0 Å². The van der Waals surface area contributed by atoms with E-state index in [1.165, 1.54) is 6.92 Å². The van der Waals surface area contributed by atoms with Crippen LogP contribution in [0.15, 0.2) is 0 Å². The average Bonchev–Trinajstić information content (AvgIpc) is 2.91. The first-order chi connectivity index (χ1) is 18.6. The Morgan fingerprint density at radius 2 is 1.07 bits per heavy atom. The van der Waals surface area contributed by atoms with Crippen LogP contribution in [0.4, 0.5) is 0 Å². The molecule has 0 aliphatic rings. The minimum Gasteiger partial charge on any atom is -0.358 e. The fraction of sp³-hybridized carbons (Fsp3) is 0.778. The molecule has 4 amide bonds. The Morgan fingerprint density at radius 3 is 1.61 bits per heavy atom. The van der Waals surface area contributed by atoms with Crippen molar-refractivity contribution in [1.29, 1.82) is 0 Å². The summed E-state index contributed by atoms with van der Waals surface area (Å²) in [6.07, 6.45) is 7.30. The Kier molecular flexibility index (Phi) is 29.8. The molecule has 1 radical (unpaired) electrons. The third-order valence-corrected chi connectivity index (χ3v) is 6.14. The number of rotatable bonds is 24. The van der Waals surface area contributed by atoms with Crippen LogP contribution in [0, 0.1) is 7.43 Å². The Labute approximate surface area is 256 Å². The summed E-state index contributed by atoms with van der Waals surface area (Å²) in [5.74, 6) is -1.74. The third-order valence-electron chi connectivity index (χ3n) is 6.14. The summed E-state index contributed by atoms with van der Waals surface area (Å²) in [5, 5.41) is 33.5. The number of nitrogens with zero attached hydrogens (tertiary/aromatic N) is 3. The van der Waals surface area contributed by atoms with Crippen molar-refractivity contribution < 1.29 is 58.2 Å². The van der Waals surface area contributed by atoms with E-state index in [0.29, 0.717) is 73.2 Å². The summed E-state index contributed by atoms with van der Waals surface area (Å²) in [5.41, 5.74) is 5.40. The monoisotopic (exact) mass is 625 g/mol. The number of carbonyl (C=O) groups is 5. The van der Waals surface area contributed by atoms with E-state index in [1.54, 1.807) is 0 Å². The van der Waals surface area contributed by atoms with Gasteiger partial charge >= 0.3 is 0 Å². The molecule has 0 aliphatic carbocycles. The van der Waals surface area contributed by atoms with Gasteiger partial charge in [0, 0.05) is 83.8 Å². The summed E-state index contributed by atoms with van der Waals surface area (Å²) in [6.45, 7) is 2.87. The molecule has 0 rings (SSSR count). The summed E-state index contributed by atoms with van der Waals surface area (Å²) >= 11 is 0. The number of amides is 4. The van der Waals surface area contributed by atoms with Gasteiger partial charge in [-0.05, 0) is 51.5 Å². The summed E-state index contributed by atoms with van der Waals surface area (Å²) in [7, 11) is 0. The Balaban J connectivity index is -0.00000722. The maximum Gasteiger partial charge on any atom is 0.246 e. The van der Waals surface area contributed by atoms with Gasteiger partial charge in [-0.1, -0.05) is 19.3 Å². The van der Waals surface area contributed by atoms with Gasteiger partial charge < -0.3 is 18.5 Å². The van der Waals surface area contributed by atoms with Crippen molar-refractivity contribution in [2.75, 3.05) is 32.7 Å². The van der Waals surface area contributed by atoms with Gasteiger partial charge in [-0.3, -0.25) is 39.6 Å². The molecule has 0 saturated carbocycles. The topological polar surface area (TPSA) is 194 Å². The maximum absolute atomic E-state index is 12.0.